The second kappa shape index (κ2) is 5.19. The molecule has 94 valence electrons. The lowest BCUT2D eigenvalue weighted by Crippen LogP contribution is -2.35. The third kappa shape index (κ3) is 3.30. The van der Waals surface area contributed by atoms with Crippen LogP contribution < -0.4 is 5.32 Å². The van der Waals surface area contributed by atoms with Crippen LogP contribution in [0.4, 0.5) is 0 Å². The van der Waals surface area contributed by atoms with E-state index in [4.69, 9.17) is 0 Å². The molecule has 0 saturated carbocycles. The molecule has 0 spiro atoms. The van der Waals surface area contributed by atoms with Gasteiger partial charge in [-0.2, -0.15) is 0 Å². The Morgan fingerprint density at radius 1 is 1.47 bits per heavy atom. The van der Waals surface area contributed by atoms with Gasteiger partial charge >= 0.3 is 0 Å². The molecule has 1 fully saturated rings. The minimum atomic E-state index is -0.699. The molecular formula is C15H23NO. The lowest BCUT2D eigenvalue weighted by Gasteiger charge is -2.31. The van der Waals surface area contributed by atoms with Crippen molar-refractivity contribution in [1.82, 2.24) is 5.32 Å². The van der Waals surface area contributed by atoms with E-state index in [1.165, 1.54) is 18.4 Å². The minimum absolute atomic E-state index is 0.597. The molecule has 1 aromatic carbocycles. The second-order valence-corrected chi connectivity index (χ2v) is 5.56. The molecule has 0 aliphatic carbocycles. The first-order valence-electron chi connectivity index (χ1n) is 6.58. The topological polar surface area (TPSA) is 32.3 Å². The summed E-state index contributed by atoms with van der Waals surface area (Å²) in [6, 6.07) is 8.22. The number of aryl methyl sites for hydroxylation is 1. The molecule has 2 unspecified atom stereocenters. The van der Waals surface area contributed by atoms with Crippen molar-refractivity contribution in [2.75, 3.05) is 13.1 Å². The van der Waals surface area contributed by atoms with Gasteiger partial charge in [-0.15, -0.1) is 0 Å². The number of hydrogen-bond donors (Lipinski definition) is 2. The van der Waals surface area contributed by atoms with Crippen LogP contribution in [0.5, 0.6) is 0 Å². The fraction of sp³-hybridized carbons (Fsp3) is 0.600. The molecular weight excluding hydrogens is 210 g/mol. The molecule has 1 aliphatic heterocycles. The fourth-order valence-corrected chi connectivity index (χ4v) is 2.76. The van der Waals surface area contributed by atoms with Gasteiger partial charge in [-0.1, -0.05) is 29.8 Å². The molecule has 2 atom stereocenters. The van der Waals surface area contributed by atoms with Crippen LogP contribution in [0.1, 0.15) is 37.3 Å². The molecule has 2 rings (SSSR count). The average molecular weight is 233 g/mol. The molecule has 0 aromatic heterocycles. The van der Waals surface area contributed by atoms with Gasteiger partial charge in [0, 0.05) is 0 Å². The lowest BCUT2D eigenvalue weighted by molar-refractivity contribution is 0.0260. The van der Waals surface area contributed by atoms with E-state index in [1.54, 1.807) is 0 Å². The van der Waals surface area contributed by atoms with Gasteiger partial charge in [0.15, 0.2) is 0 Å². The zero-order chi connectivity index (χ0) is 12.3. The van der Waals surface area contributed by atoms with Crippen molar-refractivity contribution in [3.05, 3.63) is 35.4 Å². The largest absolute Gasteiger partial charge is 0.385 e. The highest BCUT2D eigenvalue weighted by molar-refractivity contribution is 5.27. The summed E-state index contributed by atoms with van der Waals surface area (Å²) in [5, 5.41) is 14.0. The Bertz CT molecular complexity index is 367. The lowest BCUT2D eigenvalue weighted by atomic mass is 9.82. The highest BCUT2D eigenvalue weighted by Crippen LogP contribution is 2.31. The SMILES string of the molecule is Cc1cccc(C(C)(O)CC2CCCNC2)c1. The molecule has 1 heterocycles. The van der Waals surface area contributed by atoms with Crippen molar-refractivity contribution in [1.29, 1.82) is 0 Å². The van der Waals surface area contributed by atoms with E-state index >= 15 is 0 Å². The van der Waals surface area contributed by atoms with Crippen LogP contribution in [0.3, 0.4) is 0 Å². The van der Waals surface area contributed by atoms with E-state index in [0.717, 1.165) is 25.1 Å². The Hall–Kier alpha value is -0.860. The standard InChI is InChI=1S/C15H23NO/c1-12-5-3-7-14(9-12)15(2,17)10-13-6-4-8-16-11-13/h3,5,7,9,13,16-17H,4,6,8,10-11H2,1-2H3. The molecule has 17 heavy (non-hydrogen) atoms. The van der Waals surface area contributed by atoms with Crippen molar-refractivity contribution in [3.63, 3.8) is 0 Å². The molecule has 1 aliphatic rings. The van der Waals surface area contributed by atoms with E-state index in [0.29, 0.717) is 5.92 Å². The summed E-state index contributed by atoms with van der Waals surface area (Å²) in [6.07, 6.45) is 3.31. The number of benzene rings is 1. The Morgan fingerprint density at radius 3 is 2.94 bits per heavy atom. The van der Waals surface area contributed by atoms with Crippen LogP contribution >= 0.6 is 0 Å². The number of piperidine rings is 1. The highest BCUT2D eigenvalue weighted by Gasteiger charge is 2.28. The van der Waals surface area contributed by atoms with Gasteiger partial charge in [0.2, 0.25) is 0 Å². The summed E-state index contributed by atoms with van der Waals surface area (Å²) in [7, 11) is 0. The third-order valence-corrected chi connectivity index (χ3v) is 3.73. The maximum absolute atomic E-state index is 10.6. The zero-order valence-electron chi connectivity index (χ0n) is 10.9. The molecule has 0 bridgehead atoms. The van der Waals surface area contributed by atoms with Crippen LogP contribution in [0, 0.1) is 12.8 Å². The van der Waals surface area contributed by atoms with Gasteiger partial charge in [-0.3, -0.25) is 0 Å². The van der Waals surface area contributed by atoms with Gasteiger partial charge in [-0.25, -0.2) is 0 Å². The van der Waals surface area contributed by atoms with Gasteiger partial charge in [-0.05, 0) is 57.7 Å². The molecule has 0 radical (unpaired) electrons. The highest BCUT2D eigenvalue weighted by atomic mass is 16.3. The van der Waals surface area contributed by atoms with E-state index in [1.807, 2.05) is 19.1 Å². The smallest absolute Gasteiger partial charge is 0.0871 e. The Kier molecular flexibility index (Phi) is 3.85. The average Bonchev–Trinajstić information content (AvgIpc) is 2.30. The van der Waals surface area contributed by atoms with E-state index in [9.17, 15) is 5.11 Å². The molecule has 1 aromatic rings. The molecule has 2 nitrogen and oxygen atoms in total. The summed E-state index contributed by atoms with van der Waals surface area (Å²) < 4.78 is 0. The summed E-state index contributed by atoms with van der Waals surface area (Å²) >= 11 is 0. The van der Waals surface area contributed by atoms with Gasteiger partial charge in [0.1, 0.15) is 0 Å². The van der Waals surface area contributed by atoms with Gasteiger partial charge in [0.05, 0.1) is 5.60 Å². The van der Waals surface area contributed by atoms with Crippen molar-refractivity contribution in [2.45, 2.75) is 38.7 Å². The Labute approximate surface area is 104 Å². The molecule has 2 N–H and O–H groups in total. The quantitative estimate of drug-likeness (QED) is 0.841. The monoisotopic (exact) mass is 233 g/mol. The minimum Gasteiger partial charge on any atom is -0.385 e. The van der Waals surface area contributed by atoms with Crippen molar-refractivity contribution in [2.24, 2.45) is 5.92 Å². The molecule has 2 heteroatoms. The van der Waals surface area contributed by atoms with Crippen LogP contribution in [0.15, 0.2) is 24.3 Å². The number of aliphatic hydroxyl groups is 1. The zero-order valence-corrected chi connectivity index (χ0v) is 10.9. The summed E-state index contributed by atoms with van der Waals surface area (Å²) in [5.41, 5.74) is 1.56. The fourth-order valence-electron chi connectivity index (χ4n) is 2.76. The number of hydrogen-bond acceptors (Lipinski definition) is 2. The van der Waals surface area contributed by atoms with Gasteiger partial charge < -0.3 is 10.4 Å². The third-order valence-electron chi connectivity index (χ3n) is 3.73. The van der Waals surface area contributed by atoms with E-state index in [2.05, 4.69) is 24.4 Å². The second-order valence-electron chi connectivity index (χ2n) is 5.56. The van der Waals surface area contributed by atoms with Crippen molar-refractivity contribution in [3.8, 4) is 0 Å². The Balaban J connectivity index is 2.06. The van der Waals surface area contributed by atoms with Gasteiger partial charge in [0.25, 0.3) is 0 Å². The maximum atomic E-state index is 10.6. The number of rotatable bonds is 3. The van der Waals surface area contributed by atoms with E-state index < -0.39 is 5.60 Å². The molecule has 0 amide bonds. The van der Waals surface area contributed by atoms with Crippen LogP contribution in [0.2, 0.25) is 0 Å². The van der Waals surface area contributed by atoms with Crippen molar-refractivity contribution < 1.29 is 5.11 Å². The first-order valence-corrected chi connectivity index (χ1v) is 6.58. The maximum Gasteiger partial charge on any atom is 0.0871 e. The Morgan fingerprint density at radius 2 is 2.29 bits per heavy atom. The predicted molar refractivity (Wildman–Crippen MR) is 71.0 cm³/mol. The summed E-state index contributed by atoms with van der Waals surface area (Å²) in [5.74, 6) is 0.597. The summed E-state index contributed by atoms with van der Waals surface area (Å²) in [4.78, 5) is 0. The summed E-state index contributed by atoms with van der Waals surface area (Å²) in [6.45, 7) is 6.18. The predicted octanol–water partition coefficient (Wildman–Crippen LogP) is 2.59. The molecule has 1 saturated heterocycles. The van der Waals surface area contributed by atoms with Crippen molar-refractivity contribution >= 4 is 0 Å². The van der Waals surface area contributed by atoms with Crippen LogP contribution in [0.25, 0.3) is 0 Å². The number of nitrogens with one attached hydrogen (secondary N) is 1. The first kappa shape index (κ1) is 12.6. The van der Waals surface area contributed by atoms with Crippen LogP contribution in [-0.4, -0.2) is 18.2 Å². The van der Waals surface area contributed by atoms with Crippen LogP contribution in [-0.2, 0) is 5.60 Å². The van der Waals surface area contributed by atoms with E-state index in [-0.39, 0.29) is 0 Å². The first-order chi connectivity index (χ1) is 8.08. The normalized spacial score (nSPS) is 24.3.